The van der Waals surface area contributed by atoms with Crippen molar-refractivity contribution >= 4 is 23.4 Å². The highest BCUT2D eigenvalue weighted by Crippen LogP contribution is 2.42. The van der Waals surface area contributed by atoms with Crippen LogP contribution in [-0.2, 0) is 17.8 Å². The average molecular weight is 519 g/mol. The van der Waals surface area contributed by atoms with Crippen molar-refractivity contribution in [2.45, 2.75) is 25.0 Å². The number of amides is 1. The molecule has 0 saturated carbocycles. The number of hydrogen-bond donors (Lipinski definition) is 2. The van der Waals surface area contributed by atoms with Crippen molar-refractivity contribution in [1.82, 2.24) is 15.0 Å². The van der Waals surface area contributed by atoms with E-state index < -0.39 is 0 Å². The van der Waals surface area contributed by atoms with Crippen molar-refractivity contribution in [3.05, 3.63) is 82.9 Å². The molecule has 0 spiro atoms. The van der Waals surface area contributed by atoms with E-state index in [1.807, 2.05) is 19.1 Å². The summed E-state index contributed by atoms with van der Waals surface area (Å²) in [6.07, 6.45) is 2.04. The van der Waals surface area contributed by atoms with Gasteiger partial charge in [0.25, 0.3) is 0 Å². The highest BCUT2D eigenvalue weighted by atomic mass is 32.2. The number of halogens is 1. The molecule has 0 fully saturated rings. The third-order valence-electron chi connectivity index (χ3n) is 5.88. The lowest BCUT2D eigenvalue weighted by Crippen LogP contribution is -2.16. The number of aromatic nitrogens is 3. The summed E-state index contributed by atoms with van der Waals surface area (Å²) in [6, 6.07) is 13.0. The number of aliphatic hydroxyl groups is 1. The van der Waals surface area contributed by atoms with E-state index in [1.54, 1.807) is 37.6 Å². The van der Waals surface area contributed by atoms with E-state index in [9.17, 15) is 14.3 Å². The number of anilines is 1. The normalized spacial score (nSPS) is 11.8. The Morgan fingerprint density at radius 1 is 1.16 bits per heavy atom. The summed E-state index contributed by atoms with van der Waals surface area (Å²) >= 11 is 1.24. The zero-order valence-corrected chi connectivity index (χ0v) is 20.9. The number of aryl methyl sites for hydroxylation is 1. The summed E-state index contributed by atoms with van der Waals surface area (Å²) in [5.74, 6) is 1.26. The van der Waals surface area contributed by atoms with Crippen LogP contribution in [0.15, 0.2) is 59.8 Å². The predicted molar refractivity (Wildman–Crippen MR) is 138 cm³/mol. The van der Waals surface area contributed by atoms with E-state index in [4.69, 9.17) is 14.5 Å². The molecule has 0 bridgehead atoms. The maximum Gasteiger partial charge on any atom is 0.234 e. The van der Waals surface area contributed by atoms with Crippen LogP contribution < -0.4 is 14.8 Å². The third kappa shape index (κ3) is 5.11. The molecule has 2 aromatic carbocycles. The number of nitrogens with zero attached hydrogens (tertiary/aromatic N) is 3. The first-order valence-corrected chi connectivity index (χ1v) is 12.4. The summed E-state index contributed by atoms with van der Waals surface area (Å²) in [5.41, 5.74) is 4.01. The van der Waals surface area contributed by atoms with Gasteiger partial charge in [-0.2, -0.15) is 4.98 Å². The van der Waals surface area contributed by atoms with Gasteiger partial charge in [-0.15, -0.1) is 0 Å². The molecule has 5 rings (SSSR count). The first kappa shape index (κ1) is 24.7. The SMILES string of the molecule is COc1ccccc1NC(=O)CSc1nc(-c2ccc(F)cc2)nc2c1Cc1c(CO)cnc(C)c1O2. The molecule has 1 aliphatic heterocycles. The van der Waals surface area contributed by atoms with Crippen molar-refractivity contribution in [1.29, 1.82) is 0 Å². The maximum atomic E-state index is 13.5. The summed E-state index contributed by atoms with van der Waals surface area (Å²) in [5, 5.41) is 13.3. The van der Waals surface area contributed by atoms with Crippen LogP contribution >= 0.6 is 11.8 Å². The van der Waals surface area contributed by atoms with Crippen molar-refractivity contribution in [2.75, 3.05) is 18.2 Å². The van der Waals surface area contributed by atoms with Gasteiger partial charge in [0.2, 0.25) is 11.8 Å². The van der Waals surface area contributed by atoms with E-state index in [0.29, 0.717) is 62.7 Å². The second-order valence-electron chi connectivity index (χ2n) is 8.29. The number of hydrogen-bond acceptors (Lipinski definition) is 8. The van der Waals surface area contributed by atoms with Gasteiger partial charge in [-0.05, 0) is 43.3 Å². The van der Waals surface area contributed by atoms with Crippen LogP contribution in [0.2, 0.25) is 0 Å². The van der Waals surface area contributed by atoms with E-state index in [1.165, 1.54) is 23.9 Å². The lowest BCUT2D eigenvalue weighted by atomic mass is 9.99. The van der Waals surface area contributed by atoms with Gasteiger partial charge in [-0.25, -0.2) is 9.37 Å². The molecule has 0 saturated heterocycles. The quantitative estimate of drug-likeness (QED) is 0.231. The number of fused-ring (bicyclic) bond motifs is 2. The second-order valence-corrected chi connectivity index (χ2v) is 9.26. The van der Waals surface area contributed by atoms with Gasteiger partial charge < -0.3 is 19.9 Å². The van der Waals surface area contributed by atoms with Crippen molar-refractivity contribution in [3.63, 3.8) is 0 Å². The Hall–Kier alpha value is -4.02. The molecule has 0 aliphatic carbocycles. The zero-order chi connectivity index (χ0) is 25.9. The highest BCUT2D eigenvalue weighted by molar-refractivity contribution is 8.00. The lowest BCUT2D eigenvalue weighted by Gasteiger charge is -2.24. The molecular formula is C27H23FN4O4S. The van der Waals surface area contributed by atoms with Crippen LogP contribution in [0.1, 0.15) is 22.4 Å². The third-order valence-corrected chi connectivity index (χ3v) is 6.90. The number of nitrogens with one attached hydrogen (secondary N) is 1. The van der Waals surface area contributed by atoms with Crippen molar-refractivity contribution < 1.29 is 23.8 Å². The minimum absolute atomic E-state index is 0.0689. The molecule has 8 nitrogen and oxygen atoms in total. The van der Waals surface area contributed by atoms with Crippen LogP contribution in [0.5, 0.6) is 17.4 Å². The van der Waals surface area contributed by atoms with Crippen LogP contribution in [0, 0.1) is 12.7 Å². The van der Waals surface area contributed by atoms with Crippen LogP contribution in [-0.4, -0.2) is 38.8 Å². The summed E-state index contributed by atoms with van der Waals surface area (Å²) < 4.78 is 25.0. The van der Waals surface area contributed by atoms with E-state index in [2.05, 4.69) is 15.3 Å². The lowest BCUT2D eigenvalue weighted by molar-refractivity contribution is -0.113. The van der Waals surface area contributed by atoms with Crippen molar-refractivity contribution in [3.8, 4) is 28.8 Å². The van der Waals surface area contributed by atoms with Gasteiger partial charge in [0, 0.05) is 29.3 Å². The van der Waals surface area contributed by atoms with Gasteiger partial charge in [0.15, 0.2) is 11.6 Å². The number of para-hydroxylation sites is 2. The first-order valence-electron chi connectivity index (χ1n) is 11.5. The Bertz CT molecular complexity index is 1480. The fraction of sp³-hybridized carbons (Fsp3) is 0.185. The standard InChI is InChI=1S/C27H23FN4O4S/c1-15-24-19(17(13-33)12-29-15)11-20-26(36-24)31-25(16-7-9-18(28)10-8-16)32-27(20)37-14-23(34)30-21-5-3-4-6-22(21)35-2/h3-10,12,33H,11,13-14H2,1-2H3,(H,30,34). The smallest absolute Gasteiger partial charge is 0.234 e. The Balaban J connectivity index is 1.49. The molecule has 0 atom stereocenters. The highest BCUT2D eigenvalue weighted by Gasteiger charge is 2.28. The fourth-order valence-electron chi connectivity index (χ4n) is 4.01. The largest absolute Gasteiger partial charge is 0.495 e. The summed E-state index contributed by atoms with van der Waals surface area (Å²) in [4.78, 5) is 26.5. The topological polar surface area (TPSA) is 106 Å². The molecule has 4 aromatic rings. The molecule has 3 heterocycles. The second kappa shape index (κ2) is 10.5. The van der Waals surface area contributed by atoms with Crippen molar-refractivity contribution in [2.24, 2.45) is 0 Å². The molecule has 10 heteroatoms. The van der Waals surface area contributed by atoms with E-state index in [-0.39, 0.29) is 24.1 Å². The Kier molecular flexibility index (Phi) is 7.02. The number of carbonyl (C=O) groups is 1. The number of carbonyl (C=O) groups excluding carboxylic acids is 1. The van der Waals surface area contributed by atoms with Gasteiger partial charge >= 0.3 is 0 Å². The number of methoxy groups -OCH3 is 1. The van der Waals surface area contributed by atoms with Crippen LogP contribution in [0.25, 0.3) is 11.4 Å². The van der Waals surface area contributed by atoms with Gasteiger partial charge in [-0.1, -0.05) is 23.9 Å². The number of pyridine rings is 1. The molecule has 1 aliphatic rings. The average Bonchev–Trinajstić information content (AvgIpc) is 2.92. The Morgan fingerprint density at radius 3 is 2.70 bits per heavy atom. The van der Waals surface area contributed by atoms with Crippen LogP contribution in [0.4, 0.5) is 10.1 Å². The molecule has 37 heavy (non-hydrogen) atoms. The first-order chi connectivity index (χ1) is 18.0. The number of ether oxygens (including phenoxy) is 2. The Labute approximate surface area is 216 Å². The minimum atomic E-state index is -0.368. The summed E-state index contributed by atoms with van der Waals surface area (Å²) in [6.45, 7) is 1.64. The molecule has 2 aromatic heterocycles. The zero-order valence-electron chi connectivity index (χ0n) is 20.1. The summed E-state index contributed by atoms with van der Waals surface area (Å²) in [7, 11) is 1.54. The number of benzene rings is 2. The number of aliphatic hydroxyl groups excluding tert-OH is 1. The van der Waals surface area contributed by atoms with Gasteiger partial charge in [0.05, 0.1) is 36.4 Å². The Morgan fingerprint density at radius 2 is 1.95 bits per heavy atom. The molecule has 0 unspecified atom stereocenters. The fourth-order valence-corrected chi connectivity index (χ4v) is 4.83. The molecule has 0 radical (unpaired) electrons. The predicted octanol–water partition coefficient (Wildman–Crippen LogP) is 4.91. The number of rotatable bonds is 7. The molecule has 2 N–H and O–H groups in total. The minimum Gasteiger partial charge on any atom is -0.495 e. The number of thioether (sulfide) groups is 1. The van der Waals surface area contributed by atoms with E-state index >= 15 is 0 Å². The monoisotopic (exact) mass is 518 g/mol. The molecule has 188 valence electrons. The maximum absolute atomic E-state index is 13.5. The van der Waals surface area contributed by atoms with Gasteiger partial charge in [0.1, 0.15) is 16.6 Å². The van der Waals surface area contributed by atoms with Gasteiger partial charge in [-0.3, -0.25) is 9.78 Å². The molecular weight excluding hydrogens is 495 g/mol. The molecule has 1 amide bonds. The van der Waals surface area contributed by atoms with E-state index in [0.717, 1.165) is 5.56 Å². The van der Waals surface area contributed by atoms with Crippen LogP contribution in [0.3, 0.4) is 0 Å².